The van der Waals surface area contributed by atoms with Gasteiger partial charge in [-0.15, -0.1) is 5.10 Å². The van der Waals surface area contributed by atoms with Gasteiger partial charge in [0, 0.05) is 44.4 Å². The van der Waals surface area contributed by atoms with Gasteiger partial charge in [0.1, 0.15) is 0 Å². The maximum atomic E-state index is 13.5. The topological polar surface area (TPSA) is 72.2 Å². The molecule has 2 aliphatic rings. The van der Waals surface area contributed by atoms with E-state index < -0.39 is 5.83 Å². The van der Waals surface area contributed by atoms with Crippen LogP contribution in [-0.2, 0) is 11.3 Å². The number of halogens is 2. The number of amides is 1. The average Bonchev–Trinajstić information content (AvgIpc) is 3.10. The van der Waals surface area contributed by atoms with Crippen LogP contribution in [0.5, 0.6) is 0 Å². The maximum Gasteiger partial charge on any atom is 0.350 e. The van der Waals surface area contributed by atoms with E-state index in [9.17, 15) is 14.0 Å². The molecule has 0 radical (unpaired) electrons. The third kappa shape index (κ3) is 6.23. The van der Waals surface area contributed by atoms with Gasteiger partial charge in [0.25, 0.3) is 0 Å². The molecule has 9 heteroatoms. The minimum absolute atomic E-state index is 0.202. The van der Waals surface area contributed by atoms with Gasteiger partial charge in [-0.05, 0) is 63.7 Å². The standard InChI is InChI=1S/C26H35ClFN5O2/c1-5-21(11-10-18(3)28)33-24(22(6-2)23(27)16-29-4)30-32(26(33)35)17-19-12-14-31(15-13-19)25(34)20-8-7-9-20/h5-6,10-11,16,19-20,29H,1,7-9,12-15,17H2,2-4H3/b18-10+,21-11+,22-6+,23-16+. The van der Waals surface area contributed by atoms with Crippen LogP contribution in [0, 0.1) is 11.8 Å². The number of piperidine rings is 1. The molecule has 3 rings (SSSR count). The number of hydrogen-bond donors (Lipinski definition) is 1. The summed E-state index contributed by atoms with van der Waals surface area (Å²) < 4.78 is 16.3. The Hall–Kier alpha value is -2.87. The van der Waals surface area contributed by atoms with Crippen molar-refractivity contribution < 1.29 is 9.18 Å². The number of carbonyl (C=O) groups is 1. The Morgan fingerprint density at radius 1 is 1.26 bits per heavy atom. The van der Waals surface area contributed by atoms with Gasteiger partial charge in [-0.25, -0.2) is 18.4 Å². The van der Waals surface area contributed by atoms with Crippen molar-refractivity contribution in [1.29, 1.82) is 0 Å². The Morgan fingerprint density at radius 3 is 2.46 bits per heavy atom. The van der Waals surface area contributed by atoms with Gasteiger partial charge < -0.3 is 10.2 Å². The van der Waals surface area contributed by atoms with Gasteiger partial charge >= 0.3 is 5.69 Å². The first-order valence-electron chi connectivity index (χ1n) is 12.2. The lowest BCUT2D eigenvalue weighted by Gasteiger charge is -2.36. The summed E-state index contributed by atoms with van der Waals surface area (Å²) in [5.74, 6) is 0.653. The summed E-state index contributed by atoms with van der Waals surface area (Å²) in [6, 6.07) is 0. The van der Waals surface area contributed by atoms with Crippen molar-refractivity contribution in [1.82, 2.24) is 24.6 Å². The Morgan fingerprint density at radius 2 is 1.94 bits per heavy atom. The molecule has 1 aromatic rings. The van der Waals surface area contributed by atoms with E-state index in [-0.39, 0.29) is 23.4 Å². The highest BCUT2D eigenvalue weighted by molar-refractivity contribution is 6.36. The molecule has 0 bridgehead atoms. The molecule has 0 atom stereocenters. The predicted molar refractivity (Wildman–Crippen MR) is 139 cm³/mol. The summed E-state index contributed by atoms with van der Waals surface area (Å²) in [6.45, 7) is 8.79. The molecule has 7 nitrogen and oxygen atoms in total. The fourth-order valence-electron chi connectivity index (χ4n) is 4.44. The van der Waals surface area contributed by atoms with Crippen LogP contribution in [0.2, 0.25) is 0 Å². The van der Waals surface area contributed by atoms with Crippen molar-refractivity contribution >= 4 is 28.8 Å². The summed E-state index contributed by atoms with van der Waals surface area (Å²) >= 11 is 6.48. The first-order chi connectivity index (χ1) is 16.8. The maximum absolute atomic E-state index is 13.5. The Bertz CT molecular complexity index is 1110. The summed E-state index contributed by atoms with van der Waals surface area (Å²) in [7, 11) is 1.73. The monoisotopic (exact) mass is 503 g/mol. The minimum Gasteiger partial charge on any atom is -0.393 e. The molecule has 1 saturated heterocycles. The van der Waals surface area contributed by atoms with Gasteiger partial charge in [-0.1, -0.05) is 30.7 Å². The molecule has 0 aromatic carbocycles. The Balaban J connectivity index is 1.90. The molecule has 190 valence electrons. The lowest BCUT2D eigenvalue weighted by atomic mass is 9.83. The zero-order valence-corrected chi connectivity index (χ0v) is 21.5. The number of allylic oxidation sites excluding steroid dienone is 8. The van der Waals surface area contributed by atoms with Crippen molar-refractivity contribution in [2.24, 2.45) is 11.8 Å². The quantitative estimate of drug-likeness (QED) is 0.496. The van der Waals surface area contributed by atoms with Crippen LogP contribution in [0.1, 0.15) is 51.8 Å². The predicted octanol–water partition coefficient (Wildman–Crippen LogP) is 4.69. The second-order valence-electron chi connectivity index (χ2n) is 9.05. The second-order valence-corrected chi connectivity index (χ2v) is 9.46. The van der Waals surface area contributed by atoms with Crippen molar-refractivity contribution in [3.8, 4) is 0 Å². The smallest absolute Gasteiger partial charge is 0.350 e. The molecule has 2 fully saturated rings. The summed E-state index contributed by atoms with van der Waals surface area (Å²) in [5.41, 5.74) is 0.603. The van der Waals surface area contributed by atoms with Gasteiger partial charge in [0.05, 0.1) is 16.6 Å². The highest BCUT2D eigenvalue weighted by Crippen LogP contribution is 2.30. The van der Waals surface area contributed by atoms with E-state index >= 15 is 0 Å². The number of likely N-dealkylation sites (tertiary alicyclic amines) is 1. The summed E-state index contributed by atoms with van der Waals surface area (Å²) in [4.78, 5) is 28.0. The fourth-order valence-corrected chi connectivity index (χ4v) is 4.74. The lowest BCUT2D eigenvalue weighted by molar-refractivity contribution is -0.139. The summed E-state index contributed by atoms with van der Waals surface area (Å²) in [6.07, 6.45) is 12.4. The average molecular weight is 504 g/mol. The molecule has 0 spiro atoms. The normalized spacial score (nSPS) is 19.1. The van der Waals surface area contributed by atoms with Gasteiger partial charge in [-0.3, -0.25) is 4.79 Å². The molecule has 1 saturated carbocycles. The van der Waals surface area contributed by atoms with Crippen LogP contribution in [0.3, 0.4) is 0 Å². The van der Waals surface area contributed by atoms with E-state index in [1.54, 1.807) is 19.3 Å². The van der Waals surface area contributed by atoms with E-state index in [0.29, 0.717) is 41.8 Å². The SMILES string of the molecule is C=C/C(=C\C=C(/C)F)n1c(C(=C/C)/C(Cl)=C\NC)nn(CC2CCN(C(=O)C3CCC3)CC2)c1=O. The van der Waals surface area contributed by atoms with Crippen molar-refractivity contribution in [3.05, 3.63) is 64.3 Å². The number of carbonyl (C=O) groups excluding carboxylic acids is 1. The Labute approximate surface area is 211 Å². The Kier molecular flexibility index (Phi) is 9.32. The number of aromatic nitrogens is 3. The zero-order chi connectivity index (χ0) is 25.5. The molecule has 1 N–H and O–H groups in total. The largest absolute Gasteiger partial charge is 0.393 e. The third-order valence-electron chi connectivity index (χ3n) is 6.66. The van der Waals surface area contributed by atoms with Crippen LogP contribution in [-0.4, -0.2) is 45.3 Å². The van der Waals surface area contributed by atoms with Crippen molar-refractivity contribution in [3.63, 3.8) is 0 Å². The molecular weight excluding hydrogens is 469 g/mol. The highest BCUT2D eigenvalue weighted by Gasteiger charge is 2.32. The van der Waals surface area contributed by atoms with E-state index in [1.807, 2.05) is 11.8 Å². The molecule has 1 aliphatic heterocycles. The third-order valence-corrected chi connectivity index (χ3v) is 6.97. The molecule has 2 heterocycles. The molecule has 1 aliphatic carbocycles. The van der Waals surface area contributed by atoms with E-state index in [2.05, 4.69) is 17.0 Å². The highest BCUT2D eigenvalue weighted by atomic mass is 35.5. The number of hydrogen-bond acceptors (Lipinski definition) is 4. The number of rotatable bonds is 9. The lowest BCUT2D eigenvalue weighted by Crippen LogP contribution is -2.44. The first-order valence-corrected chi connectivity index (χ1v) is 12.5. The van der Waals surface area contributed by atoms with E-state index in [0.717, 1.165) is 32.1 Å². The van der Waals surface area contributed by atoms with E-state index in [4.69, 9.17) is 11.6 Å². The molecule has 1 amide bonds. The van der Waals surface area contributed by atoms with E-state index in [1.165, 1.54) is 34.4 Å². The zero-order valence-electron chi connectivity index (χ0n) is 20.8. The van der Waals surface area contributed by atoms with Gasteiger partial charge in [-0.2, -0.15) is 0 Å². The minimum atomic E-state index is -0.395. The van der Waals surface area contributed by atoms with Crippen LogP contribution >= 0.6 is 11.6 Å². The number of nitrogens with zero attached hydrogens (tertiary/aromatic N) is 4. The van der Waals surface area contributed by atoms with Gasteiger partial charge in [0.2, 0.25) is 5.91 Å². The molecule has 0 unspecified atom stereocenters. The number of nitrogens with one attached hydrogen (secondary N) is 1. The van der Waals surface area contributed by atoms with Crippen molar-refractivity contribution in [2.45, 2.75) is 52.5 Å². The fraction of sp³-hybridized carbons (Fsp3) is 0.500. The van der Waals surface area contributed by atoms with Gasteiger partial charge in [0.15, 0.2) is 5.82 Å². The molecule has 35 heavy (non-hydrogen) atoms. The van der Waals surface area contributed by atoms with Crippen LogP contribution in [0.15, 0.2) is 52.7 Å². The molecular formula is C26H35ClFN5O2. The summed E-state index contributed by atoms with van der Waals surface area (Å²) in [5, 5.41) is 7.92. The van der Waals surface area contributed by atoms with Crippen LogP contribution < -0.4 is 11.0 Å². The second kappa shape index (κ2) is 12.2. The molecule has 1 aromatic heterocycles. The van der Waals surface area contributed by atoms with Crippen LogP contribution in [0.4, 0.5) is 4.39 Å². The van der Waals surface area contributed by atoms with Crippen LogP contribution in [0.25, 0.3) is 11.3 Å². The van der Waals surface area contributed by atoms with Crippen molar-refractivity contribution in [2.75, 3.05) is 20.1 Å². The first kappa shape index (κ1) is 26.7.